The topological polar surface area (TPSA) is 101 Å². The van der Waals surface area contributed by atoms with Crippen LogP contribution in [0.15, 0.2) is 24.3 Å². The van der Waals surface area contributed by atoms with Crippen molar-refractivity contribution >= 4 is 21.6 Å². The summed E-state index contributed by atoms with van der Waals surface area (Å²) in [6, 6.07) is 6.93. The Morgan fingerprint density at radius 3 is 2.41 bits per heavy atom. The van der Waals surface area contributed by atoms with Crippen LogP contribution in [0.3, 0.4) is 0 Å². The van der Waals surface area contributed by atoms with Crippen LogP contribution < -0.4 is 15.8 Å². The van der Waals surface area contributed by atoms with Gasteiger partial charge in [0, 0.05) is 18.8 Å². The molecule has 22 heavy (non-hydrogen) atoms. The maximum atomic E-state index is 12.3. The van der Waals surface area contributed by atoms with E-state index in [0.717, 1.165) is 11.8 Å². The molecule has 4 N–H and O–H groups in total. The van der Waals surface area contributed by atoms with Crippen LogP contribution >= 0.6 is 0 Å². The molecule has 0 radical (unpaired) electrons. The molecule has 0 saturated carbocycles. The second kappa shape index (κ2) is 7.60. The Kier molecular flexibility index (Phi) is 6.37. The molecule has 1 rings (SSSR count). The second-order valence-corrected chi connectivity index (χ2v) is 7.20. The van der Waals surface area contributed by atoms with Gasteiger partial charge in [0.15, 0.2) is 0 Å². The van der Waals surface area contributed by atoms with Crippen molar-refractivity contribution in [2.45, 2.75) is 33.2 Å². The van der Waals surface area contributed by atoms with E-state index in [1.807, 2.05) is 19.9 Å². The van der Waals surface area contributed by atoms with Gasteiger partial charge >= 0.3 is 0 Å². The van der Waals surface area contributed by atoms with Gasteiger partial charge in [-0.15, -0.1) is 0 Å². The van der Waals surface area contributed by atoms with E-state index in [1.165, 1.54) is 0 Å². The maximum Gasteiger partial charge on any atom is 0.229 e. The highest BCUT2D eigenvalue weighted by Crippen LogP contribution is 2.25. The number of rotatable bonds is 8. The molecule has 6 nitrogen and oxygen atoms in total. The van der Waals surface area contributed by atoms with Crippen LogP contribution in [-0.2, 0) is 21.4 Å². The number of hydrogen-bond acceptors (Lipinski definition) is 4. The van der Waals surface area contributed by atoms with Crippen LogP contribution in [0.2, 0.25) is 0 Å². The number of benzene rings is 1. The number of anilines is 1. The van der Waals surface area contributed by atoms with Crippen molar-refractivity contribution in [3.63, 3.8) is 0 Å². The quantitative estimate of drug-likeness (QED) is 0.672. The van der Waals surface area contributed by atoms with Gasteiger partial charge in [-0.05, 0) is 30.5 Å². The van der Waals surface area contributed by atoms with E-state index >= 15 is 0 Å². The first-order valence-electron chi connectivity index (χ1n) is 7.31. The summed E-state index contributed by atoms with van der Waals surface area (Å²) in [5.74, 6) is -0.0681. The maximum absolute atomic E-state index is 12.3. The molecule has 0 bridgehead atoms. The fourth-order valence-corrected chi connectivity index (χ4v) is 2.84. The van der Waals surface area contributed by atoms with Crippen LogP contribution in [0, 0.1) is 5.41 Å². The van der Waals surface area contributed by atoms with Crippen molar-refractivity contribution in [2.75, 3.05) is 17.5 Å². The molecule has 124 valence electrons. The standard InChI is InChI=1S/C15H25N3O3S/c1-4-15(5-2,11-16)14(19)17-10-12-7-6-8-13(9-12)18-22(3,20)21/h6-9,18H,4-5,10-11,16H2,1-3H3,(H,17,19). The molecule has 0 fully saturated rings. The summed E-state index contributed by atoms with van der Waals surface area (Å²) in [5, 5.41) is 2.89. The Morgan fingerprint density at radius 1 is 1.27 bits per heavy atom. The Hall–Kier alpha value is -1.60. The van der Waals surface area contributed by atoms with Crippen LogP contribution in [0.5, 0.6) is 0 Å². The fourth-order valence-electron chi connectivity index (χ4n) is 2.28. The van der Waals surface area contributed by atoms with Gasteiger partial charge in [-0.2, -0.15) is 0 Å². The van der Waals surface area contributed by atoms with Gasteiger partial charge in [-0.25, -0.2) is 8.42 Å². The minimum atomic E-state index is -3.31. The Bertz CT molecular complexity index is 602. The number of nitrogens with two attached hydrogens (primary N) is 1. The largest absolute Gasteiger partial charge is 0.352 e. The number of amides is 1. The molecule has 0 aliphatic rings. The minimum absolute atomic E-state index is 0.0681. The van der Waals surface area contributed by atoms with Gasteiger partial charge < -0.3 is 11.1 Å². The summed E-state index contributed by atoms with van der Waals surface area (Å²) in [7, 11) is -3.31. The lowest BCUT2D eigenvalue weighted by molar-refractivity contribution is -0.131. The predicted molar refractivity (Wildman–Crippen MR) is 88.8 cm³/mol. The molecule has 1 aromatic carbocycles. The molecular weight excluding hydrogens is 302 g/mol. The monoisotopic (exact) mass is 327 g/mol. The molecule has 0 unspecified atom stereocenters. The van der Waals surface area contributed by atoms with Crippen molar-refractivity contribution < 1.29 is 13.2 Å². The lowest BCUT2D eigenvalue weighted by Gasteiger charge is -2.28. The van der Waals surface area contributed by atoms with Gasteiger partial charge in [0.25, 0.3) is 0 Å². The average Bonchev–Trinajstić information content (AvgIpc) is 2.46. The number of sulfonamides is 1. The van der Waals surface area contributed by atoms with E-state index in [4.69, 9.17) is 5.73 Å². The van der Waals surface area contributed by atoms with Crippen molar-refractivity contribution in [3.8, 4) is 0 Å². The highest BCUT2D eigenvalue weighted by Gasteiger charge is 2.32. The van der Waals surface area contributed by atoms with E-state index in [1.54, 1.807) is 18.2 Å². The Morgan fingerprint density at radius 2 is 1.91 bits per heavy atom. The molecule has 0 heterocycles. The zero-order chi connectivity index (χ0) is 16.8. The van der Waals surface area contributed by atoms with E-state index in [-0.39, 0.29) is 5.91 Å². The Balaban J connectivity index is 2.76. The van der Waals surface area contributed by atoms with Crippen molar-refractivity contribution in [3.05, 3.63) is 29.8 Å². The molecule has 0 aromatic heterocycles. The highest BCUT2D eigenvalue weighted by molar-refractivity contribution is 7.92. The molecule has 0 spiro atoms. The van der Waals surface area contributed by atoms with Crippen LogP contribution in [0.1, 0.15) is 32.3 Å². The van der Waals surface area contributed by atoms with Crippen LogP contribution in [-0.4, -0.2) is 27.1 Å². The first kappa shape index (κ1) is 18.4. The summed E-state index contributed by atoms with van der Waals surface area (Å²) in [6.07, 6.45) is 2.46. The van der Waals surface area contributed by atoms with Crippen molar-refractivity contribution in [1.29, 1.82) is 0 Å². The summed E-state index contributed by atoms with van der Waals surface area (Å²) >= 11 is 0. The van der Waals surface area contributed by atoms with Gasteiger partial charge in [0.1, 0.15) is 0 Å². The number of carbonyl (C=O) groups is 1. The molecule has 0 aliphatic heterocycles. The third-order valence-electron chi connectivity index (χ3n) is 3.91. The molecule has 0 saturated heterocycles. The number of nitrogens with one attached hydrogen (secondary N) is 2. The molecule has 0 aliphatic carbocycles. The van der Waals surface area contributed by atoms with E-state index in [0.29, 0.717) is 31.6 Å². The van der Waals surface area contributed by atoms with E-state index in [9.17, 15) is 13.2 Å². The number of hydrogen-bond donors (Lipinski definition) is 3. The van der Waals surface area contributed by atoms with Gasteiger partial charge in [0.2, 0.25) is 15.9 Å². The zero-order valence-corrected chi connectivity index (χ0v) is 14.2. The van der Waals surface area contributed by atoms with E-state index in [2.05, 4.69) is 10.0 Å². The SMILES string of the molecule is CCC(CC)(CN)C(=O)NCc1cccc(NS(C)(=O)=O)c1. The fraction of sp³-hybridized carbons (Fsp3) is 0.533. The Labute approximate surface area is 132 Å². The first-order valence-corrected chi connectivity index (χ1v) is 9.20. The average molecular weight is 327 g/mol. The molecule has 7 heteroatoms. The number of carbonyl (C=O) groups excluding carboxylic acids is 1. The lowest BCUT2D eigenvalue weighted by Crippen LogP contribution is -2.45. The van der Waals surface area contributed by atoms with Gasteiger partial charge in [-0.3, -0.25) is 9.52 Å². The molecule has 1 aromatic rings. The summed E-state index contributed by atoms with van der Waals surface area (Å²) in [4.78, 5) is 12.3. The third kappa shape index (κ3) is 4.99. The zero-order valence-electron chi connectivity index (χ0n) is 13.3. The highest BCUT2D eigenvalue weighted by atomic mass is 32.2. The van der Waals surface area contributed by atoms with Crippen LogP contribution in [0.4, 0.5) is 5.69 Å². The second-order valence-electron chi connectivity index (χ2n) is 5.45. The van der Waals surface area contributed by atoms with Gasteiger partial charge in [-0.1, -0.05) is 26.0 Å². The molecular formula is C15H25N3O3S. The van der Waals surface area contributed by atoms with Crippen LogP contribution in [0.25, 0.3) is 0 Å². The normalized spacial score (nSPS) is 12.0. The van der Waals surface area contributed by atoms with Crippen molar-refractivity contribution in [1.82, 2.24) is 5.32 Å². The summed E-state index contributed by atoms with van der Waals surface area (Å²) in [5.41, 5.74) is 6.51. The summed E-state index contributed by atoms with van der Waals surface area (Å²) in [6.45, 7) is 4.54. The van der Waals surface area contributed by atoms with Crippen molar-refractivity contribution in [2.24, 2.45) is 11.1 Å². The summed E-state index contributed by atoms with van der Waals surface area (Å²) < 4.78 is 24.9. The predicted octanol–water partition coefficient (Wildman–Crippen LogP) is 1.44. The smallest absolute Gasteiger partial charge is 0.229 e. The molecule has 0 atom stereocenters. The van der Waals surface area contributed by atoms with E-state index < -0.39 is 15.4 Å². The third-order valence-corrected chi connectivity index (χ3v) is 4.52. The van der Waals surface area contributed by atoms with Gasteiger partial charge in [0.05, 0.1) is 11.7 Å². The molecule has 1 amide bonds. The lowest BCUT2D eigenvalue weighted by atomic mass is 9.81. The first-order chi connectivity index (χ1) is 10.3. The minimum Gasteiger partial charge on any atom is -0.352 e.